The Kier molecular flexibility index (Phi) is 9.21. The fourth-order valence-corrected chi connectivity index (χ4v) is 2.30. The van der Waals surface area contributed by atoms with Crippen LogP contribution < -0.4 is 0 Å². The van der Waals surface area contributed by atoms with E-state index >= 15 is 0 Å². The Balaban J connectivity index is 6.96. The standard InChI is InChI=1S/C15H10F16O4/c16-8(17)12(24,25)14(28,29)10(20,21)2-4(5(7(34)35)1-6(32)33)3-11(22,23)15(30,31)13(26,27)9(18)19/h8-9H,1-3H2,(H,32,33)(H,34,35). The van der Waals surface area contributed by atoms with Crippen LogP contribution in [0.25, 0.3) is 0 Å². The van der Waals surface area contributed by atoms with E-state index in [9.17, 15) is 79.8 Å². The predicted octanol–water partition coefficient (Wildman–Crippen LogP) is 5.96. The van der Waals surface area contributed by atoms with Gasteiger partial charge in [0.15, 0.2) is 0 Å². The molecule has 35 heavy (non-hydrogen) atoms. The van der Waals surface area contributed by atoms with Gasteiger partial charge in [-0.3, -0.25) is 4.79 Å². The van der Waals surface area contributed by atoms with Crippen LogP contribution in [-0.2, 0) is 9.59 Å². The van der Waals surface area contributed by atoms with Crippen LogP contribution in [-0.4, -0.2) is 70.5 Å². The van der Waals surface area contributed by atoms with Crippen molar-refractivity contribution in [3.8, 4) is 0 Å². The molecule has 0 unspecified atom stereocenters. The number of carbonyl (C=O) groups is 2. The molecule has 0 aliphatic carbocycles. The second-order valence-electron chi connectivity index (χ2n) is 6.72. The van der Waals surface area contributed by atoms with E-state index < -0.39 is 90.7 Å². The highest BCUT2D eigenvalue weighted by Gasteiger charge is 2.77. The van der Waals surface area contributed by atoms with Crippen LogP contribution in [0.1, 0.15) is 19.3 Å². The lowest BCUT2D eigenvalue weighted by molar-refractivity contribution is -0.342. The highest BCUT2D eigenvalue weighted by Crippen LogP contribution is 2.54. The van der Waals surface area contributed by atoms with Gasteiger partial charge in [0.2, 0.25) is 0 Å². The van der Waals surface area contributed by atoms with Gasteiger partial charge >= 0.3 is 60.3 Å². The van der Waals surface area contributed by atoms with Crippen molar-refractivity contribution in [3.63, 3.8) is 0 Å². The third-order valence-corrected chi connectivity index (χ3v) is 4.19. The van der Waals surface area contributed by atoms with Gasteiger partial charge in [-0.15, -0.1) is 0 Å². The summed E-state index contributed by atoms with van der Waals surface area (Å²) in [6.07, 6.45) is -20.6. The van der Waals surface area contributed by atoms with E-state index in [2.05, 4.69) is 0 Å². The Hall–Kier alpha value is -2.44. The number of halogens is 16. The summed E-state index contributed by atoms with van der Waals surface area (Å²) >= 11 is 0. The largest absolute Gasteiger partial charge is 0.481 e. The summed E-state index contributed by atoms with van der Waals surface area (Å²) in [7, 11) is 0. The van der Waals surface area contributed by atoms with E-state index in [1.165, 1.54) is 0 Å². The molecule has 0 bridgehead atoms. The molecule has 4 nitrogen and oxygen atoms in total. The average Bonchev–Trinajstić information content (AvgIpc) is 2.63. The first-order valence-electron chi connectivity index (χ1n) is 8.19. The molecule has 0 rings (SSSR count). The van der Waals surface area contributed by atoms with E-state index in [0.717, 1.165) is 0 Å². The second kappa shape index (κ2) is 9.90. The monoisotopic (exact) mass is 558 g/mol. The summed E-state index contributed by atoms with van der Waals surface area (Å²) < 4.78 is 210. The molecule has 0 amide bonds. The molecule has 20 heteroatoms. The molecule has 206 valence electrons. The molecular weight excluding hydrogens is 548 g/mol. The third-order valence-electron chi connectivity index (χ3n) is 4.19. The lowest BCUT2D eigenvalue weighted by Crippen LogP contribution is -2.59. The molecule has 0 aliphatic rings. The van der Waals surface area contributed by atoms with Gasteiger partial charge in [-0.25, -0.2) is 22.4 Å². The van der Waals surface area contributed by atoms with Gasteiger partial charge in [0.25, 0.3) is 0 Å². The Morgan fingerprint density at radius 2 is 0.886 bits per heavy atom. The normalized spacial score (nSPS) is 14.5. The number of hydrogen-bond donors (Lipinski definition) is 2. The molecule has 0 heterocycles. The molecule has 0 aromatic carbocycles. The van der Waals surface area contributed by atoms with E-state index in [4.69, 9.17) is 10.2 Å². The highest BCUT2D eigenvalue weighted by atomic mass is 19.4. The topological polar surface area (TPSA) is 74.6 Å². The Morgan fingerprint density at radius 1 is 0.600 bits per heavy atom. The summed E-state index contributed by atoms with van der Waals surface area (Å²) in [5, 5.41) is 17.3. The summed E-state index contributed by atoms with van der Waals surface area (Å²) in [5.41, 5.74) is -5.28. The zero-order chi connectivity index (χ0) is 28.6. The van der Waals surface area contributed by atoms with Gasteiger partial charge in [-0.05, 0) is 5.57 Å². The maximum absolute atomic E-state index is 13.9. The van der Waals surface area contributed by atoms with Gasteiger partial charge in [0.1, 0.15) is 0 Å². The third kappa shape index (κ3) is 6.04. The highest BCUT2D eigenvalue weighted by molar-refractivity contribution is 5.93. The van der Waals surface area contributed by atoms with Crippen LogP contribution in [0.5, 0.6) is 0 Å². The Labute approximate surface area is 182 Å². The van der Waals surface area contributed by atoms with Gasteiger partial charge in [-0.2, -0.15) is 52.7 Å². The second-order valence-corrected chi connectivity index (χ2v) is 6.72. The summed E-state index contributed by atoms with van der Waals surface area (Å²) in [6, 6.07) is 0. The SMILES string of the molecule is O=C(O)CC(C(=O)O)=C(CC(F)(F)C(F)(F)C(F)(F)C(F)F)CC(F)(F)C(F)(F)C(F)(F)C(F)F. The van der Waals surface area contributed by atoms with Crippen LogP contribution >= 0.6 is 0 Å². The summed E-state index contributed by atoms with van der Waals surface area (Å²) in [6.45, 7) is 0. The van der Waals surface area contributed by atoms with Crippen LogP contribution in [0.4, 0.5) is 70.2 Å². The maximum Gasteiger partial charge on any atom is 0.378 e. The molecule has 0 radical (unpaired) electrons. The molecule has 0 aromatic rings. The molecule has 0 aromatic heterocycles. The van der Waals surface area contributed by atoms with Crippen LogP contribution in [0.3, 0.4) is 0 Å². The molecule has 2 N–H and O–H groups in total. The molecular formula is C15H10F16O4. The quantitative estimate of drug-likeness (QED) is 0.216. The number of aliphatic carboxylic acids is 2. The Morgan fingerprint density at radius 3 is 1.09 bits per heavy atom. The predicted molar refractivity (Wildman–Crippen MR) is 77.8 cm³/mol. The van der Waals surface area contributed by atoms with E-state index in [-0.39, 0.29) is 0 Å². The van der Waals surface area contributed by atoms with E-state index in [1.807, 2.05) is 0 Å². The minimum atomic E-state index is -7.25. The molecule has 0 spiro atoms. The van der Waals surface area contributed by atoms with Crippen molar-refractivity contribution in [2.24, 2.45) is 0 Å². The number of hydrogen-bond acceptors (Lipinski definition) is 2. The molecule has 0 saturated carbocycles. The van der Waals surface area contributed by atoms with Crippen molar-refractivity contribution in [2.75, 3.05) is 0 Å². The first kappa shape index (κ1) is 32.6. The van der Waals surface area contributed by atoms with Crippen LogP contribution in [0, 0.1) is 0 Å². The van der Waals surface area contributed by atoms with Crippen LogP contribution in [0.15, 0.2) is 11.1 Å². The molecule has 0 aliphatic heterocycles. The van der Waals surface area contributed by atoms with Gasteiger partial charge in [-0.1, -0.05) is 0 Å². The first-order valence-corrected chi connectivity index (χ1v) is 8.19. The van der Waals surface area contributed by atoms with Gasteiger partial charge in [0, 0.05) is 18.4 Å². The minimum absolute atomic E-state index is 2.29. The van der Waals surface area contributed by atoms with E-state index in [0.29, 0.717) is 0 Å². The molecule has 0 saturated heterocycles. The van der Waals surface area contributed by atoms with Crippen molar-refractivity contribution in [3.05, 3.63) is 11.1 Å². The fraction of sp³-hybridized carbons (Fsp3) is 0.733. The number of rotatable bonds is 13. The maximum atomic E-state index is 13.9. The lowest BCUT2D eigenvalue weighted by atomic mass is 9.87. The van der Waals surface area contributed by atoms with Gasteiger partial charge < -0.3 is 10.2 Å². The van der Waals surface area contributed by atoms with Crippen molar-refractivity contribution >= 4 is 11.9 Å². The summed E-state index contributed by atoms with van der Waals surface area (Å²) in [4.78, 5) is 21.7. The number of carboxylic acids is 2. The van der Waals surface area contributed by atoms with Crippen LogP contribution in [0.2, 0.25) is 0 Å². The zero-order valence-corrected chi connectivity index (χ0v) is 16.0. The number of carboxylic acid groups (broad SMARTS) is 2. The van der Waals surface area contributed by atoms with Crippen molar-refractivity contribution < 1.29 is 90.0 Å². The fourth-order valence-electron chi connectivity index (χ4n) is 2.30. The minimum Gasteiger partial charge on any atom is -0.481 e. The smallest absolute Gasteiger partial charge is 0.378 e. The number of allylic oxidation sites excluding steroid dienone is 1. The Bertz CT molecular complexity index is 785. The van der Waals surface area contributed by atoms with Crippen molar-refractivity contribution in [1.82, 2.24) is 0 Å². The van der Waals surface area contributed by atoms with Gasteiger partial charge in [0.05, 0.1) is 6.42 Å². The summed E-state index contributed by atoms with van der Waals surface area (Å²) in [5.74, 6) is -47.4. The average molecular weight is 558 g/mol. The molecule has 0 atom stereocenters. The number of alkyl halides is 16. The lowest BCUT2D eigenvalue weighted by Gasteiger charge is -2.35. The molecule has 0 fully saturated rings. The van der Waals surface area contributed by atoms with Crippen molar-refractivity contribution in [2.45, 2.75) is 67.6 Å². The van der Waals surface area contributed by atoms with E-state index in [1.54, 1.807) is 0 Å². The zero-order valence-electron chi connectivity index (χ0n) is 16.0. The first-order chi connectivity index (χ1) is 15.2. The van der Waals surface area contributed by atoms with Crippen molar-refractivity contribution in [1.29, 1.82) is 0 Å².